The Morgan fingerprint density at radius 3 is 2.40 bits per heavy atom. The first-order chi connectivity index (χ1) is 9.25. The van der Waals surface area contributed by atoms with Crippen LogP contribution in [0.5, 0.6) is 0 Å². The van der Waals surface area contributed by atoms with Gasteiger partial charge in [0.1, 0.15) is 0 Å². The lowest BCUT2D eigenvalue weighted by molar-refractivity contribution is -0.154. The van der Waals surface area contributed by atoms with Gasteiger partial charge in [0.25, 0.3) is 0 Å². The predicted molar refractivity (Wildman–Crippen MR) is 88.5 cm³/mol. The zero-order valence-corrected chi connectivity index (χ0v) is 16.2. The Bertz CT molecular complexity index is 278. The van der Waals surface area contributed by atoms with Crippen molar-refractivity contribution >= 4 is 24.0 Å². The van der Waals surface area contributed by atoms with Crippen molar-refractivity contribution in [2.75, 3.05) is 6.61 Å². The summed E-state index contributed by atoms with van der Waals surface area (Å²) in [5.74, 6) is -0.0785. The monoisotopic (exact) mass is 316 g/mol. The largest absolute Gasteiger partial charge is 0.465 e. The normalized spacial score (nSPS) is 12.5. The van der Waals surface area contributed by atoms with Crippen LogP contribution < -0.4 is 0 Å². The van der Waals surface area contributed by atoms with E-state index in [1.807, 2.05) is 20.8 Å². The molecule has 0 saturated heterocycles. The summed E-state index contributed by atoms with van der Waals surface area (Å²) in [6, 6.07) is 2.25. The summed E-state index contributed by atoms with van der Waals surface area (Å²) >= 11 is 0. The van der Waals surface area contributed by atoms with Crippen molar-refractivity contribution in [2.45, 2.75) is 78.6 Å². The van der Waals surface area contributed by atoms with E-state index >= 15 is 0 Å². The Hall–Kier alpha value is -0.136. The molecular weight excluding hydrogens is 284 g/mol. The Labute approximate surface area is 128 Å². The zero-order chi connectivity index (χ0) is 15.6. The Morgan fingerprint density at radius 2 is 1.85 bits per heavy atom. The summed E-state index contributed by atoms with van der Waals surface area (Å²) in [5, 5.41) is 0. The van der Waals surface area contributed by atoms with Gasteiger partial charge in [0, 0.05) is 0 Å². The fourth-order valence-corrected chi connectivity index (χ4v) is 5.42. The summed E-state index contributed by atoms with van der Waals surface area (Å²) in [4.78, 5) is 11.8. The molecule has 2 radical (unpaired) electrons. The molecule has 0 heterocycles. The van der Waals surface area contributed by atoms with E-state index in [0.29, 0.717) is 16.4 Å². The van der Waals surface area contributed by atoms with E-state index in [1.54, 1.807) is 0 Å². The Kier molecular flexibility index (Phi) is 9.67. The number of carbonyl (C=O) groups excluding carboxylic acids is 1. The van der Waals surface area contributed by atoms with E-state index in [9.17, 15) is 4.79 Å². The van der Waals surface area contributed by atoms with Gasteiger partial charge in [-0.25, -0.2) is 0 Å². The maximum atomic E-state index is 11.8. The van der Waals surface area contributed by atoms with Gasteiger partial charge in [-0.2, -0.15) is 0 Å². The van der Waals surface area contributed by atoms with Gasteiger partial charge in [-0.1, -0.05) is 26.7 Å². The molecule has 0 aliphatic carbocycles. The molecule has 0 saturated carbocycles. The molecular formula is C15H32O3Si2. The summed E-state index contributed by atoms with van der Waals surface area (Å²) in [5.41, 5.74) is -0.356. The van der Waals surface area contributed by atoms with Crippen LogP contribution in [0.4, 0.5) is 0 Å². The average molecular weight is 317 g/mol. The smallest absolute Gasteiger partial charge is 0.311 e. The highest BCUT2D eigenvalue weighted by Gasteiger charge is 2.27. The molecule has 0 spiro atoms. The summed E-state index contributed by atoms with van der Waals surface area (Å²) in [6.45, 7) is 13.1. The highest BCUT2D eigenvalue weighted by Crippen LogP contribution is 2.22. The highest BCUT2D eigenvalue weighted by atomic mass is 28.4. The topological polar surface area (TPSA) is 35.5 Å². The number of esters is 1. The molecule has 3 nitrogen and oxygen atoms in total. The van der Waals surface area contributed by atoms with E-state index in [2.05, 4.69) is 20.0 Å². The van der Waals surface area contributed by atoms with Crippen molar-refractivity contribution in [3.05, 3.63) is 0 Å². The minimum atomic E-state index is -1.56. The minimum Gasteiger partial charge on any atom is -0.465 e. The molecule has 0 aromatic heterocycles. The molecule has 0 bridgehead atoms. The quantitative estimate of drug-likeness (QED) is 0.322. The number of ether oxygens (including phenoxy) is 1. The van der Waals surface area contributed by atoms with E-state index in [0.717, 1.165) is 18.9 Å². The molecule has 0 rings (SSSR count). The standard InChI is InChI=1S/C15H32O3Si2/c1-7-9-12-19-18-20(5,6)13-10-11-17-14(16)15(3,4)8-2/h7-13H2,1-6H3. The molecule has 0 amide bonds. The molecule has 0 aromatic rings. The number of hydrogen-bond acceptors (Lipinski definition) is 3. The number of hydrogen-bond donors (Lipinski definition) is 0. The number of unbranched alkanes of at least 4 members (excludes halogenated alkanes) is 1. The van der Waals surface area contributed by atoms with Crippen molar-refractivity contribution < 1.29 is 13.6 Å². The van der Waals surface area contributed by atoms with E-state index in [4.69, 9.17) is 8.85 Å². The highest BCUT2D eigenvalue weighted by molar-refractivity contribution is 6.75. The lowest BCUT2D eigenvalue weighted by Crippen LogP contribution is -2.32. The third-order valence-electron chi connectivity index (χ3n) is 3.57. The van der Waals surface area contributed by atoms with Gasteiger partial charge in [0.2, 0.25) is 9.76 Å². The lowest BCUT2D eigenvalue weighted by Gasteiger charge is -2.24. The van der Waals surface area contributed by atoms with E-state index in [-0.39, 0.29) is 11.4 Å². The van der Waals surface area contributed by atoms with Crippen molar-refractivity contribution in [3.63, 3.8) is 0 Å². The van der Waals surface area contributed by atoms with Crippen molar-refractivity contribution in [3.8, 4) is 0 Å². The molecule has 0 fully saturated rings. The molecule has 5 heteroatoms. The van der Waals surface area contributed by atoms with Crippen LogP contribution in [0.15, 0.2) is 0 Å². The lowest BCUT2D eigenvalue weighted by atomic mass is 9.91. The van der Waals surface area contributed by atoms with Crippen LogP contribution in [0.1, 0.15) is 53.4 Å². The fraction of sp³-hybridized carbons (Fsp3) is 0.933. The maximum Gasteiger partial charge on any atom is 0.311 e. The first-order valence-electron chi connectivity index (χ1n) is 7.83. The SMILES string of the molecule is CCCC[Si]O[Si](C)(C)CCCOC(=O)C(C)(C)CC. The number of rotatable bonds is 11. The molecule has 0 aliphatic heterocycles. The van der Waals surface area contributed by atoms with Crippen molar-refractivity contribution in [1.82, 2.24) is 0 Å². The molecule has 0 atom stereocenters. The van der Waals surface area contributed by atoms with Gasteiger partial charge in [-0.15, -0.1) is 0 Å². The van der Waals surface area contributed by atoms with Gasteiger partial charge >= 0.3 is 5.97 Å². The van der Waals surface area contributed by atoms with Gasteiger partial charge in [-0.3, -0.25) is 4.79 Å². The second kappa shape index (κ2) is 9.74. The Morgan fingerprint density at radius 1 is 1.20 bits per heavy atom. The van der Waals surface area contributed by atoms with Crippen molar-refractivity contribution in [2.24, 2.45) is 5.41 Å². The van der Waals surface area contributed by atoms with Crippen LogP contribution in [0.25, 0.3) is 0 Å². The first-order valence-corrected chi connectivity index (χ1v) is 12.1. The van der Waals surface area contributed by atoms with Crippen molar-refractivity contribution in [1.29, 1.82) is 0 Å². The second-order valence-electron chi connectivity index (χ2n) is 6.59. The third-order valence-corrected chi connectivity index (χ3v) is 8.48. The van der Waals surface area contributed by atoms with Gasteiger partial charge < -0.3 is 8.85 Å². The predicted octanol–water partition coefficient (Wildman–Crippen LogP) is 4.42. The molecule has 0 N–H and O–H groups in total. The minimum absolute atomic E-state index is 0.0785. The van der Waals surface area contributed by atoms with E-state index < -0.39 is 8.32 Å². The Balaban J connectivity index is 3.79. The average Bonchev–Trinajstić information content (AvgIpc) is 2.39. The molecule has 20 heavy (non-hydrogen) atoms. The van der Waals surface area contributed by atoms with Crippen LogP contribution in [-0.4, -0.2) is 30.7 Å². The fourth-order valence-electron chi connectivity index (χ4n) is 1.55. The van der Waals surface area contributed by atoms with Crippen LogP contribution in [0.3, 0.4) is 0 Å². The first kappa shape index (κ1) is 19.9. The summed E-state index contributed by atoms with van der Waals surface area (Å²) < 4.78 is 11.4. The summed E-state index contributed by atoms with van der Waals surface area (Å²) in [6.07, 6.45) is 4.23. The van der Waals surface area contributed by atoms with Crippen LogP contribution in [-0.2, 0) is 13.6 Å². The third kappa shape index (κ3) is 8.92. The number of carbonyl (C=O) groups is 1. The van der Waals surface area contributed by atoms with Crippen LogP contribution >= 0.6 is 0 Å². The van der Waals surface area contributed by atoms with Gasteiger partial charge in [0.15, 0.2) is 8.32 Å². The molecule has 0 unspecified atom stereocenters. The summed E-state index contributed by atoms with van der Waals surface area (Å²) in [7, 11) is -0.916. The van der Waals surface area contributed by atoms with Gasteiger partial charge in [0.05, 0.1) is 12.0 Å². The zero-order valence-electron chi connectivity index (χ0n) is 14.2. The van der Waals surface area contributed by atoms with Crippen LogP contribution in [0.2, 0.25) is 25.2 Å². The molecule has 0 aromatic carbocycles. The molecule has 0 aliphatic rings. The second-order valence-corrected chi connectivity index (χ2v) is 12.2. The van der Waals surface area contributed by atoms with E-state index in [1.165, 1.54) is 18.9 Å². The molecule has 118 valence electrons. The van der Waals surface area contributed by atoms with Crippen LogP contribution in [0, 0.1) is 5.41 Å². The maximum absolute atomic E-state index is 11.8. The van der Waals surface area contributed by atoms with Gasteiger partial charge in [-0.05, 0) is 51.9 Å².